The lowest BCUT2D eigenvalue weighted by Gasteiger charge is -2.00. The van der Waals surface area contributed by atoms with Crippen molar-refractivity contribution in [2.24, 2.45) is 0 Å². The Morgan fingerprint density at radius 2 is 2.36 bits per heavy atom. The van der Waals surface area contributed by atoms with Crippen molar-refractivity contribution >= 4 is 5.78 Å². The summed E-state index contributed by atoms with van der Waals surface area (Å²) in [5.41, 5.74) is 0.997. The first kappa shape index (κ1) is 9.31. The molecule has 1 aromatic heterocycles. The van der Waals surface area contributed by atoms with Gasteiger partial charge in [0.1, 0.15) is 11.6 Å². The van der Waals surface area contributed by atoms with Crippen LogP contribution >= 0.6 is 0 Å². The second kappa shape index (κ2) is 3.86. The summed E-state index contributed by atoms with van der Waals surface area (Å²) in [7, 11) is 0. The molecule has 0 unspecified atom stereocenters. The van der Waals surface area contributed by atoms with Crippen molar-refractivity contribution in [1.82, 2.24) is 9.97 Å². The third-order valence-electron chi connectivity index (χ3n) is 2.41. The van der Waals surface area contributed by atoms with Crippen LogP contribution in [-0.4, -0.2) is 15.8 Å². The standard InChI is InChI=1S/C11H14N2O/c1-8(14)2-5-10-6-7-12-11(13-10)9-3-4-9/h6-7,9H,2-5H2,1H3. The van der Waals surface area contributed by atoms with E-state index >= 15 is 0 Å². The zero-order valence-corrected chi connectivity index (χ0v) is 8.36. The van der Waals surface area contributed by atoms with Crippen LogP contribution in [0.15, 0.2) is 12.3 Å². The van der Waals surface area contributed by atoms with E-state index in [1.807, 2.05) is 6.07 Å². The van der Waals surface area contributed by atoms with Crippen molar-refractivity contribution in [3.63, 3.8) is 0 Å². The third kappa shape index (κ3) is 2.37. The van der Waals surface area contributed by atoms with E-state index in [1.54, 1.807) is 13.1 Å². The van der Waals surface area contributed by atoms with E-state index < -0.39 is 0 Å². The Balaban J connectivity index is 2.02. The minimum Gasteiger partial charge on any atom is -0.300 e. The van der Waals surface area contributed by atoms with E-state index in [4.69, 9.17) is 0 Å². The third-order valence-corrected chi connectivity index (χ3v) is 2.41. The molecule has 0 saturated heterocycles. The van der Waals surface area contributed by atoms with Gasteiger partial charge >= 0.3 is 0 Å². The maximum absolute atomic E-state index is 10.8. The predicted molar refractivity (Wildman–Crippen MR) is 53.0 cm³/mol. The second-order valence-corrected chi connectivity index (χ2v) is 3.88. The highest BCUT2D eigenvalue weighted by Gasteiger charge is 2.26. The number of carbonyl (C=O) groups excluding carboxylic acids is 1. The number of hydrogen-bond donors (Lipinski definition) is 0. The number of ketones is 1. The van der Waals surface area contributed by atoms with Gasteiger partial charge in [-0.25, -0.2) is 9.97 Å². The smallest absolute Gasteiger partial charge is 0.131 e. The number of rotatable bonds is 4. The fourth-order valence-electron chi connectivity index (χ4n) is 1.39. The maximum atomic E-state index is 10.8. The molecule has 2 rings (SSSR count). The molecule has 1 aliphatic rings. The average molecular weight is 190 g/mol. The summed E-state index contributed by atoms with van der Waals surface area (Å²) in [6.45, 7) is 1.61. The van der Waals surface area contributed by atoms with E-state index in [1.165, 1.54) is 12.8 Å². The topological polar surface area (TPSA) is 42.9 Å². The van der Waals surface area contributed by atoms with Crippen LogP contribution in [0.2, 0.25) is 0 Å². The summed E-state index contributed by atoms with van der Waals surface area (Å²) in [4.78, 5) is 19.5. The van der Waals surface area contributed by atoms with Crippen LogP contribution in [0.25, 0.3) is 0 Å². The molecule has 1 aliphatic carbocycles. The Hall–Kier alpha value is -1.25. The van der Waals surface area contributed by atoms with Crippen molar-refractivity contribution in [2.75, 3.05) is 0 Å². The van der Waals surface area contributed by atoms with Crippen molar-refractivity contribution in [1.29, 1.82) is 0 Å². The van der Waals surface area contributed by atoms with E-state index in [-0.39, 0.29) is 5.78 Å². The molecular weight excluding hydrogens is 176 g/mol. The quantitative estimate of drug-likeness (QED) is 0.728. The van der Waals surface area contributed by atoms with E-state index in [2.05, 4.69) is 9.97 Å². The molecule has 1 aromatic rings. The van der Waals surface area contributed by atoms with Gasteiger partial charge in [0.05, 0.1) is 0 Å². The number of carbonyl (C=O) groups is 1. The number of aryl methyl sites for hydroxylation is 1. The highest BCUT2D eigenvalue weighted by molar-refractivity contribution is 5.75. The van der Waals surface area contributed by atoms with Gasteiger partial charge in [0.2, 0.25) is 0 Å². The van der Waals surface area contributed by atoms with Crippen molar-refractivity contribution < 1.29 is 4.79 Å². The van der Waals surface area contributed by atoms with Crippen LogP contribution in [0.3, 0.4) is 0 Å². The molecule has 0 amide bonds. The van der Waals surface area contributed by atoms with Crippen molar-refractivity contribution in [2.45, 2.75) is 38.5 Å². The normalized spacial score (nSPS) is 15.5. The Labute approximate surface area is 83.6 Å². The van der Waals surface area contributed by atoms with Crippen LogP contribution < -0.4 is 0 Å². The van der Waals surface area contributed by atoms with Gasteiger partial charge in [0, 0.05) is 24.2 Å². The fourth-order valence-corrected chi connectivity index (χ4v) is 1.39. The molecule has 14 heavy (non-hydrogen) atoms. The van der Waals surface area contributed by atoms with E-state index in [0.29, 0.717) is 12.3 Å². The zero-order chi connectivity index (χ0) is 9.97. The molecule has 0 aliphatic heterocycles. The summed E-state index contributed by atoms with van der Waals surface area (Å²) in [6.07, 6.45) is 5.57. The van der Waals surface area contributed by atoms with Crippen LogP contribution in [0.4, 0.5) is 0 Å². The van der Waals surface area contributed by atoms with Gasteiger partial charge in [0.25, 0.3) is 0 Å². The SMILES string of the molecule is CC(=O)CCc1ccnc(C2CC2)n1. The monoisotopic (exact) mass is 190 g/mol. The number of nitrogens with zero attached hydrogens (tertiary/aromatic N) is 2. The number of Topliss-reactive ketones (excluding diaryl/α,β-unsaturated/α-hetero) is 1. The van der Waals surface area contributed by atoms with Gasteiger partial charge in [-0.15, -0.1) is 0 Å². The van der Waals surface area contributed by atoms with Gasteiger partial charge < -0.3 is 4.79 Å². The zero-order valence-electron chi connectivity index (χ0n) is 8.36. The molecule has 0 radical (unpaired) electrons. The first-order valence-corrected chi connectivity index (χ1v) is 5.07. The highest BCUT2D eigenvalue weighted by atomic mass is 16.1. The summed E-state index contributed by atoms with van der Waals surface area (Å²) in [5, 5.41) is 0. The van der Waals surface area contributed by atoms with Gasteiger partial charge in [-0.1, -0.05) is 0 Å². The molecule has 1 saturated carbocycles. The Bertz CT molecular complexity index is 345. The summed E-state index contributed by atoms with van der Waals surface area (Å²) in [6, 6.07) is 1.90. The second-order valence-electron chi connectivity index (χ2n) is 3.88. The fraction of sp³-hybridized carbons (Fsp3) is 0.545. The van der Waals surface area contributed by atoms with Gasteiger partial charge in [-0.05, 0) is 32.3 Å². The molecule has 0 aromatic carbocycles. The maximum Gasteiger partial charge on any atom is 0.131 e. The van der Waals surface area contributed by atoms with Crippen LogP contribution in [0.5, 0.6) is 0 Å². The van der Waals surface area contributed by atoms with Crippen molar-refractivity contribution in [3.05, 3.63) is 23.8 Å². The Kier molecular flexibility index (Phi) is 2.57. The molecule has 3 nitrogen and oxygen atoms in total. The highest BCUT2D eigenvalue weighted by Crippen LogP contribution is 2.37. The van der Waals surface area contributed by atoms with E-state index in [0.717, 1.165) is 17.9 Å². The largest absolute Gasteiger partial charge is 0.300 e. The molecule has 1 heterocycles. The minimum absolute atomic E-state index is 0.219. The summed E-state index contributed by atoms with van der Waals surface area (Å²) < 4.78 is 0. The molecule has 0 spiro atoms. The van der Waals surface area contributed by atoms with Crippen LogP contribution in [0, 0.1) is 0 Å². The minimum atomic E-state index is 0.219. The van der Waals surface area contributed by atoms with Gasteiger partial charge in [-0.3, -0.25) is 0 Å². The van der Waals surface area contributed by atoms with E-state index in [9.17, 15) is 4.79 Å². The molecule has 0 bridgehead atoms. The Morgan fingerprint density at radius 3 is 3.00 bits per heavy atom. The lowest BCUT2D eigenvalue weighted by molar-refractivity contribution is -0.116. The van der Waals surface area contributed by atoms with Gasteiger partial charge in [-0.2, -0.15) is 0 Å². The number of aromatic nitrogens is 2. The molecular formula is C11H14N2O. The van der Waals surface area contributed by atoms with Gasteiger partial charge in [0.15, 0.2) is 0 Å². The molecule has 0 atom stereocenters. The number of hydrogen-bond acceptors (Lipinski definition) is 3. The van der Waals surface area contributed by atoms with Crippen LogP contribution in [0.1, 0.15) is 43.6 Å². The Morgan fingerprint density at radius 1 is 1.57 bits per heavy atom. The summed E-state index contributed by atoms with van der Waals surface area (Å²) >= 11 is 0. The molecule has 3 heteroatoms. The molecule has 0 N–H and O–H groups in total. The van der Waals surface area contributed by atoms with Crippen LogP contribution in [-0.2, 0) is 11.2 Å². The molecule has 74 valence electrons. The van der Waals surface area contributed by atoms with Crippen molar-refractivity contribution in [3.8, 4) is 0 Å². The average Bonchev–Trinajstić information content (AvgIpc) is 2.98. The summed E-state index contributed by atoms with van der Waals surface area (Å²) in [5.74, 6) is 1.77. The lowest BCUT2D eigenvalue weighted by atomic mass is 10.2. The molecule has 1 fully saturated rings. The predicted octanol–water partition coefficient (Wildman–Crippen LogP) is 1.88. The first-order chi connectivity index (χ1) is 6.75. The lowest BCUT2D eigenvalue weighted by Crippen LogP contribution is -2.00. The first-order valence-electron chi connectivity index (χ1n) is 5.07.